The fourth-order valence-corrected chi connectivity index (χ4v) is 2.68. The standard InChI is InChI=1S/C18H20N2O4/c1-13-10-17(20-9-8-16(21)19(2)18(20)22)24-15(13)12-23-11-14-6-4-3-5-7-14/h3-9,15,17H,1,10-12H2,2H3/t15-,17+/m0/s1. The highest BCUT2D eigenvalue weighted by Gasteiger charge is 2.30. The van der Waals surface area contributed by atoms with Crippen LogP contribution in [0, 0.1) is 0 Å². The molecule has 2 atom stereocenters. The average molecular weight is 328 g/mol. The van der Waals surface area contributed by atoms with E-state index in [1.54, 1.807) is 0 Å². The topological polar surface area (TPSA) is 62.5 Å². The van der Waals surface area contributed by atoms with Crippen molar-refractivity contribution in [2.45, 2.75) is 25.4 Å². The van der Waals surface area contributed by atoms with Crippen LogP contribution in [0.2, 0.25) is 0 Å². The zero-order chi connectivity index (χ0) is 17.1. The van der Waals surface area contributed by atoms with Crippen LogP contribution in [0.5, 0.6) is 0 Å². The van der Waals surface area contributed by atoms with Crippen molar-refractivity contribution in [2.24, 2.45) is 7.05 Å². The van der Waals surface area contributed by atoms with Crippen LogP contribution in [0.1, 0.15) is 18.2 Å². The first-order valence-corrected chi connectivity index (χ1v) is 7.79. The maximum absolute atomic E-state index is 12.2. The van der Waals surface area contributed by atoms with Crippen molar-refractivity contribution in [1.29, 1.82) is 0 Å². The fourth-order valence-electron chi connectivity index (χ4n) is 2.68. The van der Waals surface area contributed by atoms with E-state index in [-0.39, 0.29) is 11.7 Å². The van der Waals surface area contributed by atoms with E-state index in [9.17, 15) is 9.59 Å². The van der Waals surface area contributed by atoms with E-state index in [1.165, 1.54) is 23.9 Å². The molecule has 0 bridgehead atoms. The van der Waals surface area contributed by atoms with E-state index >= 15 is 0 Å². The Balaban J connectivity index is 1.63. The molecular formula is C18H20N2O4. The van der Waals surface area contributed by atoms with Crippen molar-refractivity contribution >= 4 is 0 Å². The summed E-state index contributed by atoms with van der Waals surface area (Å²) in [6, 6.07) is 11.2. The molecule has 0 amide bonds. The molecule has 6 heteroatoms. The molecule has 126 valence electrons. The Hall–Kier alpha value is -2.44. The molecule has 1 aromatic carbocycles. The summed E-state index contributed by atoms with van der Waals surface area (Å²) in [7, 11) is 1.45. The van der Waals surface area contributed by atoms with E-state index in [4.69, 9.17) is 9.47 Å². The molecule has 1 fully saturated rings. The van der Waals surface area contributed by atoms with Crippen LogP contribution in [0.4, 0.5) is 0 Å². The lowest BCUT2D eigenvalue weighted by Gasteiger charge is -2.16. The molecule has 1 saturated heterocycles. The molecule has 6 nitrogen and oxygen atoms in total. The van der Waals surface area contributed by atoms with Crippen LogP contribution in [-0.2, 0) is 23.1 Å². The minimum absolute atomic E-state index is 0.261. The van der Waals surface area contributed by atoms with Crippen molar-refractivity contribution in [2.75, 3.05) is 6.61 Å². The fraction of sp³-hybridized carbons (Fsp3) is 0.333. The average Bonchev–Trinajstić information content (AvgIpc) is 2.94. The normalized spacial score (nSPS) is 20.5. The summed E-state index contributed by atoms with van der Waals surface area (Å²) < 4.78 is 14.1. The molecule has 0 unspecified atom stereocenters. The summed E-state index contributed by atoms with van der Waals surface area (Å²) in [5.41, 5.74) is 1.24. The number of ether oxygens (including phenoxy) is 2. The van der Waals surface area contributed by atoms with Crippen LogP contribution >= 0.6 is 0 Å². The van der Waals surface area contributed by atoms with Crippen LogP contribution in [0.25, 0.3) is 0 Å². The first-order valence-electron chi connectivity index (χ1n) is 7.79. The molecule has 0 aliphatic carbocycles. The van der Waals surface area contributed by atoms with E-state index in [1.807, 2.05) is 30.3 Å². The molecule has 0 spiro atoms. The van der Waals surface area contributed by atoms with Gasteiger partial charge in [0.25, 0.3) is 5.56 Å². The van der Waals surface area contributed by atoms with Crippen LogP contribution in [-0.4, -0.2) is 21.8 Å². The first-order chi connectivity index (χ1) is 11.6. The number of rotatable bonds is 5. The number of aromatic nitrogens is 2. The van der Waals surface area contributed by atoms with Crippen molar-refractivity contribution in [3.63, 3.8) is 0 Å². The van der Waals surface area contributed by atoms with Crippen LogP contribution < -0.4 is 11.2 Å². The number of benzene rings is 1. The second-order valence-electron chi connectivity index (χ2n) is 5.85. The summed E-state index contributed by atoms with van der Waals surface area (Å²) >= 11 is 0. The largest absolute Gasteiger partial charge is 0.374 e. The lowest BCUT2D eigenvalue weighted by molar-refractivity contribution is -0.0404. The van der Waals surface area contributed by atoms with Gasteiger partial charge in [-0.2, -0.15) is 0 Å². The zero-order valence-corrected chi connectivity index (χ0v) is 13.6. The predicted octanol–water partition coefficient (Wildman–Crippen LogP) is 1.61. The van der Waals surface area contributed by atoms with Crippen LogP contribution in [0.15, 0.2) is 64.3 Å². The number of hydrogen-bond acceptors (Lipinski definition) is 4. The molecule has 1 aliphatic rings. The summed E-state index contributed by atoms with van der Waals surface area (Å²) in [6.07, 6.45) is 1.28. The van der Waals surface area contributed by atoms with Gasteiger partial charge >= 0.3 is 5.69 Å². The highest BCUT2D eigenvalue weighted by molar-refractivity contribution is 5.14. The van der Waals surface area contributed by atoms with Gasteiger partial charge in [-0.15, -0.1) is 0 Å². The van der Waals surface area contributed by atoms with Gasteiger partial charge in [0.05, 0.1) is 13.2 Å². The van der Waals surface area contributed by atoms with Crippen molar-refractivity contribution < 1.29 is 9.47 Å². The Morgan fingerprint density at radius 1 is 1.25 bits per heavy atom. The second kappa shape index (κ2) is 6.98. The maximum Gasteiger partial charge on any atom is 0.332 e. The molecule has 2 aromatic rings. The van der Waals surface area contributed by atoms with Gasteiger partial charge in [-0.3, -0.25) is 13.9 Å². The van der Waals surface area contributed by atoms with E-state index < -0.39 is 11.9 Å². The smallest absolute Gasteiger partial charge is 0.332 e. The third-order valence-corrected chi connectivity index (χ3v) is 4.12. The van der Waals surface area contributed by atoms with E-state index in [0.29, 0.717) is 19.6 Å². The minimum Gasteiger partial charge on any atom is -0.374 e. The molecule has 0 saturated carbocycles. The first kappa shape index (κ1) is 16.4. The molecule has 0 radical (unpaired) electrons. The van der Waals surface area contributed by atoms with Gasteiger partial charge < -0.3 is 9.47 Å². The molecule has 1 aromatic heterocycles. The van der Waals surface area contributed by atoms with Gasteiger partial charge in [-0.25, -0.2) is 4.79 Å². The Kier molecular flexibility index (Phi) is 4.78. The van der Waals surface area contributed by atoms with Gasteiger partial charge in [0, 0.05) is 25.7 Å². The molecule has 0 N–H and O–H groups in total. The summed E-state index contributed by atoms with van der Waals surface area (Å²) in [5.74, 6) is 0. The third kappa shape index (κ3) is 3.39. The Morgan fingerprint density at radius 2 is 2.00 bits per heavy atom. The molecule has 2 heterocycles. The lowest BCUT2D eigenvalue weighted by Crippen LogP contribution is -2.38. The summed E-state index contributed by atoms with van der Waals surface area (Å²) in [6.45, 7) is 4.90. The Morgan fingerprint density at radius 3 is 2.75 bits per heavy atom. The van der Waals surface area contributed by atoms with Gasteiger partial charge in [-0.05, 0) is 11.1 Å². The van der Waals surface area contributed by atoms with E-state index in [2.05, 4.69) is 6.58 Å². The molecular weight excluding hydrogens is 308 g/mol. The number of nitrogens with zero attached hydrogens (tertiary/aromatic N) is 2. The quantitative estimate of drug-likeness (QED) is 0.782. The minimum atomic E-state index is -0.456. The van der Waals surface area contributed by atoms with Gasteiger partial charge in [0.2, 0.25) is 0 Å². The number of hydrogen-bond donors (Lipinski definition) is 0. The van der Waals surface area contributed by atoms with Gasteiger partial charge in [0.1, 0.15) is 12.3 Å². The maximum atomic E-state index is 12.2. The Labute approximate surface area is 139 Å². The van der Waals surface area contributed by atoms with Gasteiger partial charge in [0.15, 0.2) is 0 Å². The predicted molar refractivity (Wildman–Crippen MR) is 89.7 cm³/mol. The molecule has 24 heavy (non-hydrogen) atoms. The van der Waals surface area contributed by atoms with Crippen molar-refractivity contribution in [3.8, 4) is 0 Å². The SMILES string of the molecule is C=C1C[C@H](n2ccc(=O)n(C)c2=O)O[C@H]1COCc1ccccc1. The Bertz CT molecular complexity index is 838. The summed E-state index contributed by atoms with van der Waals surface area (Å²) in [4.78, 5) is 23.7. The highest BCUT2D eigenvalue weighted by Crippen LogP contribution is 2.31. The zero-order valence-electron chi connectivity index (χ0n) is 13.6. The van der Waals surface area contributed by atoms with E-state index in [0.717, 1.165) is 15.7 Å². The molecule has 1 aliphatic heterocycles. The highest BCUT2D eigenvalue weighted by atomic mass is 16.6. The summed E-state index contributed by atoms with van der Waals surface area (Å²) in [5, 5.41) is 0. The monoisotopic (exact) mass is 328 g/mol. The van der Waals surface area contributed by atoms with Gasteiger partial charge in [-0.1, -0.05) is 36.9 Å². The molecule has 3 rings (SSSR count). The third-order valence-electron chi connectivity index (χ3n) is 4.12. The van der Waals surface area contributed by atoms with Crippen molar-refractivity contribution in [1.82, 2.24) is 9.13 Å². The second-order valence-corrected chi connectivity index (χ2v) is 5.85. The van der Waals surface area contributed by atoms with Crippen molar-refractivity contribution in [3.05, 3.63) is 81.1 Å². The van der Waals surface area contributed by atoms with Crippen LogP contribution in [0.3, 0.4) is 0 Å². The lowest BCUT2D eigenvalue weighted by atomic mass is 10.1.